The van der Waals surface area contributed by atoms with Crippen LogP contribution in [0.1, 0.15) is 31.7 Å². The summed E-state index contributed by atoms with van der Waals surface area (Å²) < 4.78 is 12.9. The van der Waals surface area contributed by atoms with Crippen LogP contribution >= 0.6 is 0 Å². The number of likely N-dealkylation sites (tertiary alicyclic amines) is 1. The molecular formula is C18H29FN4. The van der Waals surface area contributed by atoms with E-state index >= 15 is 0 Å². The van der Waals surface area contributed by atoms with Crippen LogP contribution in [0.4, 0.5) is 4.39 Å². The van der Waals surface area contributed by atoms with E-state index in [0.717, 1.165) is 24.6 Å². The summed E-state index contributed by atoms with van der Waals surface area (Å²) in [5, 5.41) is 6.65. The maximum absolute atomic E-state index is 12.9. The van der Waals surface area contributed by atoms with Gasteiger partial charge in [0, 0.05) is 26.7 Å². The number of rotatable bonds is 6. The molecule has 1 aromatic rings. The number of aliphatic imine (C=N–C) groups is 1. The lowest BCUT2D eigenvalue weighted by molar-refractivity contribution is 0.201. The van der Waals surface area contributed by atoms with Crippen LogP contribution in [0, 0.1) is 11.7 Å². The second-order valence-electron chi connectivity index (χ2n) is 6.40. The van der Waals surface area contributed by atoms with Gasteiger partial charge < -0.3 is 15.5 Å². The molecule has 1 heterocycles. The molecule has 128 valence electrons. The highest BCUT2D eigenvalue weighted by Gasteiger charge is 2.13. The first-order valence-corrected chi connectivity index (χ1v) is 8.58. The fourth-order valence-corrected chi connectivity index (χ4v) is 2.93. The summed E-state index contributed by atoms with van der Waals surface area (Å²) in [5.74, 6) is 1.17. The van der Waals surface area contributed by atoms with Gasteiger partial charge in [0.2, 0.25) is 0 Å². The lowest BCUT2D eigenvalue weighted by Crippen LogP contribution is -2.42. The van der Waals surface area contributed by atoms with Crippen molar-refractivity contribution in [3.8, 4) is 0 Å². The molecule has 2 N–H and O–H groups in total. The average molecular weight is 320 g/mol. The maximum Gasteiger partial charge on any atom is 0.191 e. The number of benzene rings is 1. The van der Waals surface area contributed by atoms with Gasteiger partial charge in [-0.2, -0.15) is 0 Å². The lowest BCUT2D eigenvalue weighted by Gasteiger charge is -2.29. The molecule has 1 aromatic carbocycles. The fourth-order valence-electron chi connectivity index (χ4n) is 2.93. The quantitative estimate of drug-likeness (QED) is 0.625. The van der Waals surface area contributed by atoms with Crippen molar-refractivity contribution in [3.63, 3.8) is 0 Å². The van der Waals surface area contributed by atoms with Crippen LogP contribution in [0.15, 0.2) is 29.3 Å². The summed E-state index contributed by atoms with van der Waals surface area (Å²) in [5.41, 5.74) is 1.04. The molecule has 1 aliphatic heterocycles. The molecule has 23 heavy (non-hydrogen) atoms. The topological polar surface area (TPSA) is 39.7 Å². The molecular weight excluding hydrogens is 291 g/mol. The minimum atomic E-state index is -0.206. The molecule has 0 aromatic heterocycles. The van der Waals surface area contributed by atoms with Crippen LogP contribution in [0.3, 0.4) is 0 Å². The minimum absolute atomic E-state index is 0.206. The third-order valence-electron chi connectivity index (χ3n) is 4.23. The number of nitrogens with one attached hydrogen (secondary N) is 2. The Labute approximate surface area is 139 Å². The Balaban J connectivity index is 1.68. The van der Waals surface area contributed by atoms with E-state index in [1.165, 1.54) is 44.5 Å². The SMILES string of the molecule is CN=C(NCc1ccc(F)cc1)NCC(C)CN1CCCCC1. The molecule has 1 saturated heterocycles. The molecule has 0 bridgehead atoms. The van der Waals surface area contributed by atoms with Crippen LogP contribution in [0.5, 0.6) is 0 Å². The summed E-state index contributed by atoms with van der Waals surface area (Å²) in [6.07, 6.45) is 4.05. The monoisotopic (exact) mass is 320 g/mol. The Hall–Kier alpha value is -1.62. The van der Waals surface area contributed by atoms with Crippen molar-refractivity contribution in [3.05, 3.63) is 35.6 Å². The molecule has 0 saturated carbocycles. The molecule has 1 unspecified atom stereocenters. The van der Waals surface area contributed by atoms with Gasteiger partial charge in [0.1, 0.15) is 5.82 Å². The average Bonchev–Trinajstić information content (AvgIpc) is 2.57. The van der Waals surface area contributed by atoms with Gasteiger partial charge in [0.15, 0.2) is 5.96 Å². The highest BCUT2D eigenvalue weighted by Crippen LogP contribution is 2.10. The van der Waals surface area contributed by atoms with Gasteiger partial charge in [-0.1, -0.05) is 25.5 Å². The van der Waals surface area contributed by atoms with Gasteiger partial charge in [0.25, 0.3) is 0 Å². The summed E-state index contributed by atoms with van der Waals surface area (Å²) in [6, 6.07) is 6.53. The maximum atomic E-state index is 12.9. The molecule has 2 rings (SSSR count). The first-order chi connectivity index (χ1) is 11.2. The highest BCUT2D eigenvalue weighted by molar-refractivity contribution is 5.79. The molecule has 5 heteroatoms. The van der Waals surface area contributed by atoms with E-state index in [1.54, 1.807) is 19.2 Å². The molecule has 1 aliphatic rings. The fraction of sp³-hybridized carbons (Fsp3) is 0.611. The zero-order valence-corrected chi connectivity index (χ0v) is 14.3. The van der Waals surface area contributed by atoms with Gasteiger partial charge in [-0.15, -0.1) is 0 Å². The largest absolute Gasteiger partial charge is 0.356 e. The molecule has 4 nitrogen and oxygen atoms in total. The number of hydrogen-bond acceptors (Lipinski definition) is 2. The number of guanidine groups is 1. The predicted molar refractivity (Wildman–Crippen MR) is 94.1 cm³/mol. The van der Waals surface area contributed by atoms with E-state index in [1.807, 2.05) is 0 Å². The van der Waals surface area contributed by atoms with Gasteiger partial charge in [-0.05, 0) is 49.5 Å². The van der Waals surface area contributed by atoms with Crippen molar-refractivity contribution >= 4 is 5.96 Å². The third-order valence-corrected chi connectivity index (χ3v) is 4.23. The van der Waals surface area contributed by atoms with Crippen LogP contribution in [0.25, 0.3) is 0 Å². The second kappa shape index (κ2) is 9.50. The van der Waals surface area contributed by atoms with E-state index in [4.69, 9.17) is 0 Å². The molecule has 0 radical (unpaired) electrons. The van der Waals surface area contributed by atoms with Gasteiger partial charge >= 0.3 is 0 Å². The van der Waals surface area contributed by atoms with Crippen LogP contribution < -0.4 is 10.6 Å². The highest BCUT2D eigenvalue weighted by atomic mass is 19.1. The Kier molecular flexibility index (Phi) is 7.33. The van der Waals surface area contributed by atoms with E-state index < -0.39 is 0 Å². The van der Waals surface area contributed by atoms with Gasteiger partial charge in [-0.3, -0.25) is 4.99 Å². The minimum Gasteiger partial charge on any atom is -0.356 e. The second-order valence-corrected chi connectivity index (χ2v) is 6.40. The normalized spacial score (nSPS) is 17.8. The van der Waals surface area contributed by atoms with E-state index in [-0.39, 0.29) is 5.82 Å². The summed E-state index contributed by atoms with van der Waals surface area (Å²) in [7, 11) is 1.77. The van der Waals surface area contributed by atoms with Crippen molar-refractivity contribution < 1.29 is 4.39 Å². The van der Waals surface area contributed by atoms with Crippen molar-refractivity contribution in [2.45, 2.75) is 32.7 Å². The smallest absolute Gasteiger partial charge is 0.191 e. The standard InChI is InChI=1S/C18H29FN4/c1-15(14-23-10-4-3-5-11-23)12-21-18(20-2)22-13-16-6-8-17(19)9-7-16/h6-9,15H,3-5,10-14H2,1-2H3,(H2,20,21,22). The van der Waals surface area contributed by atoms with E-state index in [9.17, 15) is 4.39 Å². The Morgan fingerprint density at radius 1 is 1.17 bits per heavy atom. The summed E-state index contributed by atoms with van der Waals surface area (Å²) >= 11 is 0. The number of nitrogens with zero attached hydrogens (tertiary/aromatic N) is 2. The molecule has 1 atom stereocenters. The Morgan fingerprint density at radius 3 is 2.52 bits per heavy atom. The molecule has 0 amide bonds. The third kappa shape index (κ3) is 6.57. The lowest BCUT2D eigenvalue weighted by atomic mass is 10.1. The summed E-state index contributed by atoms with van der Waals surface area (Å²) in [6.45, 7) is 7.43. The first-order valence-electron chi connectivity index (χ1n) is 8.58. The van der Waals surface area contributed by atoms with E-state index in [2.05, 4.69) is 27.4 Å². The molecule has 1 fully saturated rings. The van der Waals surface area contributed by atoms with Crippen molar-refractivity contribution in [1.29, 1.82) is 0 Å². The van der Waals surface area contributed by atoms with Gasteiger partial charge in [-0.25, -0.2) is 4.39 Å². The summed E-state index contributed by atoms with van der Waals surface area (Å²) in [4.78, 5) is 6.81. The zero-order chi connectivity index (χ0) is 16.5. The zero-order valence-electron chi connectivity index (χ0n) is 14.3. The van der Waals surface area contributed by atoms with Crippen molar-refractivity contribution in [2.75, 3.05) is 33.2 Å². The molecule has 0 aliphatic carbocycles. The van der Waals surface area contributed by atoms with Crippen LogP contribution in [-0.4, -0.2) is 44.1 Å². The Morgan fingerprint density at radius 2 is 1.87 bits per heavy atom. The molecule has 0 spiro atoms. The first kappa shape index (κ1) is 17.7. The van der Waals surface area contributed by atoms with E-state index in [0.29, 0.717) is 12.5 Å². The van der Waals surface area contributed by atoms with Crippen LogP contribution in [-0.2, 0) is 6.54 Å². The van der Waals surface area contributed by atoms with Crippen molar-refractivity contribution in [2.24, 2.45) is 10.9 Å². The predicted octanol–water partition coefficient (Wildman–Crippen LogP) is 2.61. The van der Waals surface area contributed by atoms with Crippen LogP contribution in [0.2, 0.25) is 0 Å². The van der Waals surface area contributed by atoms with Crippen molar-refractivity contribution in [1.82, 2.24) is 15.5 Å². The Bertz CT molecular complexity index is 480. The number of halogens is 1. The number of piperidine rings is 1. The number of hydrogen-bond donors (Lipinski definition) is 2. The van der Waals surface area contributed by atoms with Gasteiger partial charge in [0.05, 0.1) is 0 Å².